The van der Waals surface area contributed by atoms with Gasteiger partial charge in [0.05, 0.1) is 11.4 Å². The van der Waals surface area contributed by atoms with Gasteiger partial charge in [-0.05, 0) is 37.7 Å². The molecule has 4 rings (SSSR count). The van der Waals surface area contributed by atoms with Crippen molar-refractivity contribution in [2.24, 2.45) is 4.99 Å². The van der Waals surface area contributed by atoms with Crippen molar-refractivity contribution in [1.82, 2.24) is 5.32 Å². The Bertz CT molecular complexity index is 1040. The van der Waals surface area contributed by atoms with E-state index in [9.17, 15) is 0 Å². The summed E-state index contributed by atoms with van der Waals surface area (Å²) in [5.41, 5.74) is 5.06. The molecule has 0 saturated heterocycles. The molecule has 3 heteroatoms. The van der Waals surface area contributed by atoms with Gasteiger partial charge in [-0.15, -0.1) is 7.92 Å². The van der Waals surface area contributed by atoms with Crippen molar-refractivity contribution in [2.45, 2.75) is 59.3 Å². The molecule has 0 spiro atoms. The summed E-state index contributed by atoms with van der Waals surface area (Å²) in [5, 5.41) is 4.82. The van der Waals surface area contributed by atoms with Crippen molar-refractivity contribution in [2.75, 3.05) is 18.5 Å². The average molecular weight is 498 g/mol. The maximum absolute atomic E-state index is 4.82. The van der Waals surface area contributed by atoms with Gasteiger partial charge in [0, 0.05) is 16.7 Å². The van der Waals surface area contributed by atoms with Crippen molar-refractivity contribution < 1.29 is 0 Å². The quantitative estimate of drug-likeness (QED) is 0.223. The van der Waals surface area contributed by atoms with E-state index in [1.165, 1.54) is 38.5 Å². The van der Waals surface area contributed by atoms with Crippen LogP contribution >= 0.6 is 7.92 Å². The Morgan fingerprint density at radius 1 is 0.500 bits per heavy atom. The first kappa shape index (κ1) is 27.9. The highest BCUT2D eigenvalue weighted by atomic mass is 31.1. The summed E-state index contributed by atoms with van der Waals surface area (Å²) >= 11 is 0. The lowest BCUT2D eigenvalue weighted by Crippen LogP contribution is -2.11. The number of benzene rings is 3. The second kappa shape index (κ2) is 16.1. The van der Waals surface area contributed by atoms with Crippen LogP contribution in [0.15, 0.2) is 96.0 Å². The predicted octanol–water partition coefficient (Wildman–Crippen LogP) is 9.45. The van der Waals surface area contributed by atoms with Crippen LogP contribution in [-0.4, -0.2) is 24.3 Å². The number of unbranched alkanes of at least 4 members (excludes halogenated alkanes) is 3. The highest BCUT2D eigenvalue weighted by Crippen LogP contribution is 2.38. The Morgan fingerprint density at radius 3 is 1.31 bits per heavy atom. The monoisotopic (exact) mass is 497 g/mol. The minimum atomic E-state index is 0.422. The Hall–Kier alpha value is -2.70. The van der Waals surface area contributed by atoms with Crippen LogP contribution in [0.2, 0.25) is 0 Å². The molecule has 0 saturated carbocycles. The van der Waals surface area contributed by atoms with E-state index in [0.29, 0.717) is 7.92 Å². The van der Waals surface area contributed by atoms with E-state index in [2.05, 4.69) is 45.0 Å². The third-order valence-corrected chi connectivity index (χ3v) is 9.12. The summed E-state index contributed by atoms with van der Waals surface area (Å²) in [7, 11) is 0.422. The molecule has 3 aromatic rings. The largest absolute Gasteiger partial charge is 0.226 e. The predicted molar refractivity (Wildman–Crippen MR) is 161 cm³/mol. The Labute approximate surface area is 220 Å². The summed E-state index contributed by atoms with van der Waals surface area (Å²) in [4.78, 5) is 4.82. The number of amidine groups is 1. The maximum Gasteiger partial charge on any atom is 0.160 e. The van der Waals surface area contributed by atoms with Crippen molar-refractivity contribution in [3.63, 3.8) is 0 Å². The SMILES string of the molecule is CCCCP(CCCC)CCCC.c1ccc(C2=NC(c3ccccc3)=C(c3ccccc3)[N]2)cc1. The third kappa shape index (κ3) is 8.75. The van der Waals surface area contributed by atoms with Gasteiger partial charge in [0.25, 0.3) is 0 Å². The smallest absolute Gasteiger partial charge is 0.160 e. The third-order valence-electron chi connectivity index (χ3n) is 6.27. The fraction of sp³-hybridized carbons (Fsp3) is 0.364. The summed E-state index contributed by atoms with van der Waals surface area (Å²) in [6.07, 6.45) is 13.2. The molecule has 0 fully saturated rings. The lowest BCUT2D eigenvalue weighted by atomic mass is 10.1. The molecule has 0 atom stereocenters. The summed E-state index contributed by atoms with van der Waals surface area (Å²) < 4.78 is 0. The number of nitrogens with zero attached hydrogens (tertiary/aromatic N) is 2. The molecule has 36 heavy (non-hydrogen) atoms. The van der Waals surface area contributed by atoms with Gasteiger partial charge in [-0.1, -0.05) is 131 Å². The van der Waals surface area contributed by atoms with Gasteiger partial charge in [0.2, 0.25) is 0 Å². The van der Waals surface area contributed by atoms with E-state index < -0.39 is 0 Å². The summed E-state index contributed by atoms with van der Waals surface area (Å²) in [5.74, 6) is 0.767. The molecule has 1 aliphatic heterocycles. The standard InChI is InChI=1S/C21H15N2.C12H27P/c1-4-10-16(11-5-1)19-20(17-12-6-2-7-13-17)23-21(22-19)18-14-8-3-9-15-18;1-4-7-10-13(11-8-5-2)12-9-6-3/h1-15H;4-12H2,1-3H3. The van der Waals surface area contributed by atoms with Gasteiger partial charge in [-0.3, -0.25) is 0 Å². The van der Waals surface area contributed by atoms with Crippen molar-refractivity contribution in [1.29, 1.82) is 0 Å². The molecule has 0 bridgehead atoms. The molecule has 0 aromatic heterocycles. The number of rotatable bonds is 12. The van der Waals surface area contributed by atoms with Crippen LogP contribution in [0.5, 0.6) is 0 Å². The van der Waals surface area contributed by atoms with Crippen LogP contribution in [0.25, 0.3) is 11.4 Å². The highest BCUT2D eigenvalue weighted by Gasteiger charge is 2.22. The van der Waals surface area contributed by atoms with E-state index in [0.717, 1.165) is 33.9 Å². The molecule has 0 unspecified atom stereocenters. The van der Waals surface area contributed by atoms with Crippen LogP contribution in [0.4, 0.5) is 0 Å². The molecule has 0 N–H and O–H groups in total. The van der Waals surface area contributed by atoms with Gasteiger partial charge < -0.3 is 0 Å². The topological polar surface area (TPSA) is 26.5 Å². The lowest BCUT2D eigenvalue weighted by molar-refractivity contribution is 0.847. The molecule has 189 valence electrons. The second-order valence-corrected chi connectivity index (χ2v) is 11.9. The molecule has 1 aliphatic rings. The molecule has 1 heterocycles. The van der Waals surface area contributed by atoms with E-state index in [1.54, 1.807) is 18.5 Å². The van der Waals surface area contributed by atoms with Gasteiger partial charge in [-0.25, -0.2) is 10.3 Å². The zero-order chi connectivity index (χ0) is 25.4. The Balaban J connectivity index is 0.000000240. The molecule has 1 radical (unpaired) electrons. The van der Waals surface area contributed by atoms with Crippen LogP contribution in [0.3, 0.4) is 0 Å². The highest BCUT2D eigenvalue weighted by molar-refractivity contribution is 7.57. The van der Waals surface area contributed by atoms with Crippen LogP contribution in [0, 0.1) is 0 Å². The normalized spacial score (nSPS) is 12.7. The van der Waals surface area contributed by atoms with Crippen LogP contribution in [0.1, 0.15) is 76.0 Å². The second-order valence-electron chi connectivity index (χ2n) is 9.24. The minimum Gasteiger partial charge on any atom is -0.226 e. The Morgan fingerprint density at radius 2 is 0.889 bits per heavy atom. The zero-order valence-electron chi connectivity index (χ0n) is 22.4. The van der Waals surface area contributed by atoms with Crippen molar-refractivity contribution >= 4 is 25.2 Å². The molecule has 2 nitrogen and oxygen atoms in total. The minimum absolute atomic E-state index is 0.422. The van der Waals surface area contributed by atoms with Crippen molar-refractivity contribution in [3.05, 3.63) is 108 Å². The van der Waals surface area contributed by atoms with Crippen LogP contribution < -0.4 is 5.32 Å². The van der Waals surface area contributed by atoms with Gasteiger partial charge in [0.15, 0.2) is 5.84 Å². The van der Waals surface area contributed by atoms with Gasteiger partial charge >= 0.3 is 0 Å². The fourth-order valence-electron chi connectivity index (χ4n) is 4.13. The van der Waals surface area contributed by atoms with E-state index in [4.69, 9.17) is 10.3 Å². The average Bonchev–Trinajstić information content (AvgIpc) is 3.40. The first-order valence-electron chi connectivity index (χ1n) is 13.7. The number of hydrogen-bond acceptors (Lipinski definition) is 1. The molecule has 0 amide bonds. The molecule has 0 aliphatic carbocycles. The van der Waals surface area contributed by atoms with Crippen molar-refractivity contribution in [3.8, 4) is 0 Å². The maximum atomic E-state index is 4.82. The molecular formula is C33H42N2P. The fourth-order valence-corrected chi connectivity index (χ4v) is 7.10. The number of aliphatic imine (C=N–C) groups is 1. The Kier molecular flexibility index (Phi) is 12.5. The first-order chi connectivity index (χ1) is 17.8. The molecular weight excluding hydrogens is 455 g/mol. The van der Waals surface area contributed by atoms with E-state index in [1.807, 2.05) is 66.7 Å². The van der Waals surface area contributed by atoms with Gasteiger partial charge in [-0.2, -0.15) is 0 Å². The lowest BCUT2D eigenvalue weighted by Gasteiger charge is -2.16. The van der Waals surface area contributed by atoms with E-state index >= 15 is 0 Å². The van der Waals surface area contributed by atoms with Gasteiger partial charge in [0.1, 0.15) is 0 Å². The number of hydrogen-bond donors (Lipinski definition) is 0. The van der Waals surface area contributed by atoms with Crippen LogP contribution in [-0.2, 0) is 0 Å². The summed E-state index contributed by atoms with van der Waals surface area (Å²) in [6.45, 7) is 6.94. The molecule has 3 aromatic carbocycles. The van der Waals surface area contributed by atoms with E-state index in [-0.39, 0.29) is 0 Å². The zero-order valence-corrected chi connectivity index (χ0v) is 23.3. The summed E-state index contributed by atoms with van der Waals surface area (Å²) in [6, 6.07) is 30.5. The first-order valence-corrected chi connectivity index (χ1v) is 15.6.